The van der Waals surface area contributed by atoms with Crippen molar-refractivity contribution in [1.29, 1.82) is 0 Å². The van der Waals surface area contributed by atoms with Gasteiger partial charge in [-0.25, -0.2) is 5.10 Å². The van der Waals surface area contributed by atoms with E-state index < -0.39 is 0 Å². The molecular weight excluding hydrogens is 274 g/mol. The van der Waals surface area contributed by atoms with E-state index in [1.165, 1.54) is 12.1 Å². The second kappa shape index (κ2) is 5.70. The standard InChI is InChI=1S/C13H13N5O3/c19-11-4-3-10(15-16-11)13(20)18-7-5-9(8-18)21-12-2-1-6-14-17-12/h1-4,6,9H,5,7-8H2,(H,16,19)/t9-/m0/s1. The maximum absolute atomic E-state index is 12.2. The molecule has 1 aliphatic heterocycles. The molecule has 0 unspecified atom stereocenters. The Hall–Kier alpha value is -2.77. The summed E-state index contributed by atoms with van der Waals surface area (Å²) in [5, 5.41) is 13.6. The number of carbonyl (C=O) groups is 1. The van der Waals surface area contributed by atoms with E-state index in [9.17, 15) is 9.59 Å². The van der Waals surface area contributed by atoms with Crippen LogP contribution in [0, 0.1) is 0 Å². The molecule has 1 aliphatic rings. The van der Waals surface area contributed by atoms with Gasteiger partial charge in [-0.15, -0.1) is 5.10 Å². The van der Waals surface area contributed by atoms with E-state index >= 15 is 0 Å². The number of aromatic amines is 1. The highest BCUT2D eigenvalue weighted by atomic mass is 16.5. The zero-order valence-electron chi connectivity index (χ0n) is 11.1. The number of carbonyl (C=O) groups excluding carboxylic acids is 1. The van der Waals surface area contributed by atoms with E-state index in [1.807, 2.05) is 0 Å². The summed E-state index contributed by atoms with van der Waals surface area (Å²) in [6.07, 6.45) is 2.17. The molecule has 8 heteroatoms. The highest BCUT2D eigenvalue weighted by Gasteiger charge is 2.29. The number of ether oxygens (including phenoxy) is 1. The average Bonchev–Trinajstić information content (AvgIpc) is 2.97. The van der Waals surface area contributed by atoms with Crippen LogP contribution in [-0.2, 0) is 0 Å². The van der Waals surface area contributed by atoms with Gasteiger partial charge in [-0.2, -0.15) is 10.2 Å². The van der Waals surface area contributed by atoms with Crippen molar-refractivity contribution >= 4 is 5.91 Å². The number of hydrogen-bond donors (Lipinski definition) is 1. The van der Waals surface area contributed by atoms with Gasteiger partial charge in [0.15, 0.2) is 0 Å². The summed E-state index contributed by atoms with van der Waals surface area (Å²) < 4.78 is 5.66. The molecule has 1 saturated heterocycles. The van der Waals surface area contributed by atoms with Crippen LogP contribution < -0.4 is 10.3 Å². The van der Waals surface area contributed by atoms with Crippen molar-refractivity contribution in [3.05, 3.63) is 46.5 Å². The summed E-state index contributed by atoms with van der Waals surface area (Å²) in [4.78, 5) is 24.8. The van der Waals surface area contributed by atoms with E-state index in [2.05, 4.69) is 20.4 Å². The number of nitrogens with zero attached hydrogens (tertiary/aromatic N) is 4. The second-order valence-electron chi connectivity index (χ2n) is 4.65. The third-order valence-electron chi connectivity index (χ3n) is 3.17. The van der Waals surface area contributed by atoms with Gasteiger partial charge in [0.1, 0.15) is 11.8 Å². The Bertz CT molecular complexity index is 667. The van der Waals surface area contributed by atoms with Gasteiger partial charge in [0.2, 0.25) is 5.88 Å². The molecule has 2 aromatic heterocycles. The van der Waals surface area contributed by atoms with Crippen LogP contribution in [0.25, 0.3) is 0 Å². The fraction of sp³-hybridized carbons (Fsp3) is 0.308. The van der Waals surface area contributed by atoms with Crippen molar-refractivity contribution in [2.24, 2.45) is 0 Å². The lowest BCUT2D eigenvalue weighted by Gasteiger charge is -2.16. The topological polar surface area (TPSA) is 101 Å². The first-order valence-corrected chi connectivity index (χ1v) is 6.52. The molecule has 1 atom stereocenters. The molecule has 2 aromatic rings. The molecule has 108 valence electrons. The molecular formula is C13H13N5O3. The summed E-state index contributed by atoms with van der Waals surface area (Å²) in [7, 11) is 0. The number of amides is 1. The molecule has 0 bridgehead atoms. The fourth-order valence-electron chi connectivity index (χ4n) is 2.16. The second-order valence-corrected chi connectivity index (χ2v) is 4.65. The number of hydrogen-bond acceptors (Lipinski definition) is 6. The van der Waals surface area contributed by atoms with Crippen LogP contribution in [0.5, 0.6) is 5.88 Å². The lowest BCUT2D eigenvalue weighted by atomic mass is 10.3. The Morgan fingerprint density at radius 1 is 1.38 bits per heavy atom. The van der Waals surface area contributed by atoms with E-state index in [1.54, 1.807) is 23.2 Å². The van der Waals surface area contributed by atoms with Gasteiger partial charge in [-0.05, 0) is 12.1 Å². The number of rotatable bonds is 3. The third kappa shape index (κ3) is 3.04. The van der Waals surface area contributed by atoms with Crippen LogP contribution in [0.1, 0.15) is 16.9 Å². The van der Waals surface area contributed by atoms with Gasteiger partial charge in [0.25, 0.3) is 11.5 Å². The Kier molecular flexibility index (Phi) is 3.59. The first kappa shape index (κ1) is 13.2. The normalized spacial score (nSPS) is 17.7. The van der Waals surface area contributed by atoms with Crippen molar-refractivity contribution in [2.45, 2.75) is 12.5 Å². The van der Waals surface area contributed by atoms with Gasteiger partial charge in [-0.3, -0.25) is 9.59 Å². The summed E-state index contributed by atoms with van der Waals surface area (Å²) in [6, 6.07) is 6.16. The minimum Gasteiger partial charge on any atom is -0.471 e. The number of nitrogens with one attached hydrogen (secondary N) is 1. The SMILES string of the molecule is O=C(c1ccc(=O)[nH]n1)N1CC[C@H](Oc2cccnn2)C1. The molecule has 3 rings (SSSR count). The maximum atomic E-state index is 12.2. The largest absolute Gasteiger partial charge is 0.471 e. The zero-order valence-corrected chi connectivity index (χ0v) is 11.1. The summed E-state index contributed by atoms with van der Waals surface area (Å²) in [6.45, 7) is 1.03. The molecule has 0 spiro atoms. The van der Waals surface area contributed by atoms with E-state index in [-0.39, 0.29) is 23.3 Å². The number of H-pyrrole nitrogens is 1. The molecule has 3 heterocycles. The highest BCUT2D eigenvalue weighted by Crippen LogP contribution is 2.17. The van der Waals surface area contributed by atoms with Gasteiger partial charge in [0, 0.05) is 31.3 Å². The van der Waals surface area contributed by atoms with Crippen LogP contribution in [0.15, 0.2) is 35.3 Å². The fourth-order valence-corrected chi connectivity index (χ4v) is 2.16. The van der Waals surface area contributed by atoms with E-state index in [4.69, 9.17) is 4.74 Å². The van der Waals surface area contributed by atoms with E-state index in [0.29, 0.717) is 25.4 Å². The molecule has 1 N–H and O–H groups in total. The molecule has 0 aromatic carbocycles. The molecule has 1 amide bonds. The predicted octanol–water partition coefficient (Wildman–Crippen LogP) is -0.147. The molecule has 0 aliphatic carbocycles. The van der Waals surface area contributed by atoms with Crippen molar-refractivity contribution < 1.29 is 9.53 Å². The van der Waals surface area contributed by atoms with Crippen LogP contribution in [0.2, 0.25) is 0 Å². The monoisotopic (exact) mass is 287 g/mol. The molecule has 0 radical (unpaired) electrons. The molecule has 21 heavy (non-hydrogen) atoms. The minimum atomic E-state index is -0.336. The Balaban J connectivity index is 1.63. The summed E-state index contributed by atoms with van der Waals surface area (Å²) in [5.74, 6) is 0.218. The Labute approximate surface area is 119 Å². The van der Waals surface area contributed by atoms with Crippen LogP contribution in [0.3, 0.4) is 0 Å². The lowest BCUT2D eigenvalue weighted by Crippen LogP contribution is -2.32. The first-order valence-electron chi connectivity index (χ1n) is 6.52. The van der Waals surface area contributed by atoms with Gasteiger partial charge in [-0.1, -0.05) is 0 Å². The maximum Gasteiger partial charge on any atom is 0.274 e. The quantitative estimate of drug-likeness (QED) is 0.842. The third-order valence-corrected chi connectivity index (χ3v) is 3.17. The van der Waals surface area contributed by atoms with Crippen LogP contribution in [0.4, 0.5) is 0 Å². The van der Waals surface area contributed by atoms with Gasteiger partial charge >= 0.3 is 0 Å². The summed E-state index contributed by atoms with van der Waals surface area (Å²) in [5.41, 5.74) is -0.119. The molecule has 8 nitrogen and oxygen atoms in total. The van der Waals surface area contributed by atoms with Gasteiger partial charge in [0.05, 0.1) is 6.54 Å². The molecule has 0 saturated carbocycles. The minimum absolute atomic E-state index is 0.117. The van der Waals surface area contributed by atoms with Crippen molar-refractivity contribution in [1.82, 2.24) is 25.3 Å². The van der Waals surface area contributed by atoms with Crippen molar-refractivity contribution in [3.63, 3.8) is 0 Å². The van der Waals surface area contributed by atoms with Crippen LogP contribution in [-0.4, -0.2) is 50.4 Å². The molecule has 1 fully saturated rings. The van der Waals surface area contributed by atoms with Gasteiger partial charge < -0.3 is 9.64 Å². The van der Waals surface area contributed by atoms with Crippen molar-refractivity contribution in [2.75, 3.05) is 13.1 Å². The highest BCUT2D eigenvalue weighted by molar-refractivity contribution is 5.92. The predicted molar refractivity (Wildman–Crippen MR) is 71.8 cm³/mol. The summed E-state index contributed by atoms with van der Waals surface area (Å²) >= 11 is 0. The Morgan fingerprint density at radius 2 is 2.29 bits per heavy atom. The van der Waals surface area contributed by atoms with Crippen molar-refractivity contribution in [3.8, 4) is 5.88 Å². The smallest absolute Gasteiger partial charge is 0.274 e. The van der Waals surface area contributed by atoms with E-state index in [0.717, 1.165) is 0 Å². The van der Waals surface area contributed by atoms with Crippen LogP contribution >= 0.6 is 0 Å². The number of likely N-dealkylation sites (tertiary alicyclic amines) is 1. The Morgan fingerprint density at radius 3 is 3.00 bits per heavy atom. The number of aromatic nitrogens is 4. The lowest BCUT2D eigenvalue weighted by molar-refractivity contribution is 0.0764. The zero-order chi connectivity index (χ0) is 14.7. The first-order chi connectivity index (χ1) is 10.2. The average molecular weight is 287 g/mol.